The van der Waals surface area contributed by atoms with Crippen molar-refractivity contribution in [1.82, 2.24) is 4.90 Å². The number of nitrogens with zero attached hydrogens (tertiary/aromatic N) is 2. The number of hydrogen-bond acceptors (Lipinski definition) is 3. The first-order chi connectivity index (χ1) is 8.52. The van der Waals surface area contributed by atoms with Crippen molar-refractivity contribution >= 4 is 40.7 Å². The van der Waals surface area contributed by atoms with Crippen molar-refractivity contribution in [3.8, 4) is 0 Å². The fraction of sp³-hybridized carbons (Fsp3) is 0.385. The Morgan fingerprint density at radius 3 is 2.61 bits per heavy atom. The molecule has 2 aliphatic heterocycles. The van der Waals surface area contributed by atoms with Crippen molar-refractivity contribution in [2.75, 3.05) is 10.7 Å². The highest BCUT2D eigenvalue weighted by Crippen LogP contribution is 2.44. The SMILES string of the molecule is CC1(C)SCC2C(=S)N(c3ccccc3)C(=O)N21. The number of benzene rings is 1. The van der Waals surface area contributed by atoms with Gasteiger partial charge in [-0.15, -0.1) is 11.8 Å². The molecular weight excluding hydrogens is 264 g/mol. The van der Waals surface area contributed by atoms with Gasteiger partial charge in [0.05, 0.1) is 16.6 Å². The fourth-order valence-electron chi connectivity index (χ4n) is 2.51. The van der Waals surface area contributed by atoms with Crippen LogP contribution in [0.1, 0.15) is 13.8 Å². The van der Waals surface area contributed by atoms with Crippen LogP contribution in [0.5, 0.6) is 0 Å². The number of para-hydroxylation sites is 1. The summed E-state index contributed by atoms with van der Waals surface area (Å²) in [7, 11) is 0. The summed E-state index contributed by atoms with van der Waals surface area (Å²) in [6, 6.07) is 9.70. The Balaban J connectivity index is 2.01. The number of anilines is 1. The molecule has 0 radical (unpaired) electrons. The summed E-state index contributed by atoms with van der Waals surface area (Å²) in [5, 5.41) is 0. The molecule has 94 valence electrons. The van der Waals surface area contributed by atoms with Crippen LogP contribution in [-0.2, 0) is 0 Å². The molecule has 2 saturated heterocycles. The van der Waals surface area contributed by atoms with Crippen molar-refractivity contribution in [1.29, 1.82) is 0 Å². The lowest BCUT2D eigenvalue weighted by Crippen LogP contribution is -2.43. The van der Waals surface area contributed by atoms with Crippen molar-refractivity contribution in [3.05, 3.63) is 30.3 Å². The smallest absolute Gasteiger partial charge is 0.300 e. The first kappa shape index (κ1) is 12.0. The van der Waals surface area contributed by atoms with Gasteiger partial charge in [-0.1, -0.05) is 30.4 Å². The van der Waals surface area contributed by atoms with Crippen molar-refractivity contribution in [2.24, 2.45) is 0 Å². The minimum atomic E-state index is -0.171. The van der Waals surface area contributed by atoms with Crippen molar-refractivity contribution < 1.29 is 4.79 Å². The quantitative estimate of drug-likeness (QED) is 0.738. The molecule has 5 heteroatoms. The van der Waals surface area contributed by atoms with Gasteiger partial charge in [-0.2, -0.15) is 0 Å². The molecular formula is C13H14N2OS2. The summed E-state index contributed by atoms with van der Waals surface area (Å²) >= 11 is 7.28. The van der Waals surface area contributed by atoms with E-state index in [1.54, 1.807) is 16.7 Å². The van der Waals surface area contributed by atoms with Gasteiger partial charge in [0.2, 0.25) is 0 Å². The van der Waals surface area contributed by atoms with E-state index in [1.165, 1.54) is 0 Å². The van der Waals surface area contributed by atoms with Gasteiger partial charge in [0.25, 0.3) is 0 Å². The first-order valence-corrected chi connectivity index (χ1v) is 7.28. The number of hydrogen-bond donors (Lipinski definition) is 0. The van der Waals surface area contributed by atoms with Crippen LogP contribution in [0.4, 0.5) is 10.5 Å². The normalized spacial score (nSPS) is 25.8. The number of amides is 2. The van der Waals surface area contributed by atoms with E-state index in [-0.39, 0.29) is 16.9 Å². The molecule has 2 amide bonds. The molecule has 18 heavy (non-hydrogen) atoms. The van der Waals surface area contributed by atoms with Crippen LogP contribution in [0, 0.1) is 0 Å². The lowest BCUT2D eigenvalue weighted by atomic mass is 10.2. The molecule has 0 bridgehead atoms. The Hall–Kier alpha value is -1.07. The van der Waals surface area contributed by atoms with E-state index in [4.69, 9.17) is 12.2 Å². The van der Waals surface area contributed by atoms with Gasteiger partial charge in [-0.25, -0.2) is 4.79 Å². The molecule has 3 nitrogen and oxygen atoms in total. The van der Waals surface area contributed by atoms with E-state index in [9.17, 15) is 4.79 Å². The molecule has 0 N–H and O–H groups in total. The number of fused-ring (bicyclic) bond motifs is 1. The molecule has 1 unspecified atom stereocenters. The number of carbonyl (C=O) groups excluding carboxylic acids is 1. The van der Waals surface area contributed by atoms with Gasteiger partial charge in [-0.3, -0.25) is 9.80 Å². The standard InChI is InChI=1S/C13H14N2OS2/c1-13(2)15-10(8-18-13)11(17)14(12(15)16)9-6-4-3-5-7-9/h3-7,10H,8H2,1-2H3. The Bertz CT molecular complexity index is 515. The van der Waals surface area contributed by atoms with Gasteiger partial charge in [0, 0.05) is 5.75 Å². The summed E-state index contributed by atoms with van der Waals surface area (Å²) in [6.07, 6.45) is 0. The van der Waals surface area contributed by atoms with Gasteiger partial charge in [-0.05, 0) is 26.0 Å². The molecule has 3 rings (SSSR count). The number of thioether (sulfide) groups is 1. The molecule has 2 fully saturated rings. The third kappa shape index (κ3) is 1.57. The predicted molar refractivity (Wildman–Crippen MR) is 79.1 cm³/mol. The summed E-state index contributed by atoms with van der Waals surface area (Å²) in [6.45, 7) is 4.15. The lowest BCUT2D eigenvalue weighted by molar-refractivity contribution is 0.193. The zero-order valence-corrected chi connectivity index (χ0v) is 11.9. The van der Waals surface area contributed by atoms with Crippen LogP contribution >= 0.6 is 24.0 Å². The van der Waals surface area contributed by atoms with E-state index < -0.39 is 0 Å². The number of carbonyl (C=O) groups is 1. The Kier molecular flexibility index (Phi) is 2.64. The summed E-state index contributed by atoms with van der Waals surface area (Å²) in [5.41, 5.74) is 0.864. The molecule has 0 spiro atoms. The maximum Gasteiger partial charge on any atom is 0.331 e. The van der Waals surface area contributed by atoms with E-state index >= 15 is 0 Å². The molecule has 2 aliphatic rings. The van der Waals surface area contributed by atoms with Crippen molar-refractivity contribution in [2.45, 2.75) is 24.8 Å². The molecule has 0 aromatic heterocycles. The zero-order valence-electron chi connectivity index (χ0n) is 10.3. The van der Waals surface area contributed by atoms with E-state index in [0.717, 1.165) is 16.4 Å². The maximum absolute atomic E-state index is 12.6. The highest BCUT2D eigenvalue weighted by Gasteiger charge is 2.53. The van der Waals surface area contributed by atoms with Crippen LogP contribution in [0.2, 0.25) is 0 Å². The van der Waals surface area contributed by atoms with Crippen LogP contribution in [0.25, 0.3) is 0 Å². The molecule has 1 atom stereocenters. The van der Waals surface area contributed by atoms with Gasteiger partial charge >= 0.3 is 6.03 Å². The second-order valence-corrected chi connectivity index (χ2v) is 6.97. The third-order valence-corrected chi connectivity index (χ3v) is 5.24. The monoisotopic (exact) mass is 278 g/mol. The van der Waals surface area contributed by atoms with Crippen LogP contribution < -0.4 is 4.90 Å². The van der Waals surface area contributed by atoms with Crippen LogP contribution in [0.3, 0.4) is 0 Å². The Morgan fingerprint density at radius 2 is 2.00 bits per heavy atom. The average molecular weight is 278 g/mol. The number of rotatable bonds is 1. The highest BCUT2D eigenvalue weighted by molar-refractivity contribution is 8.01. The van der Waals surface area contributed by atoms with Crippen LogP contribution in [0.15, 0.2) is 30.3 Å². The Labute approximate surface area is 116 Å². The predicted octanol–water partition coefficient (Wildman–Crippen LogP) is 3.11. The molecule has 0 saturated carbocycles. The average Bonchev–Trinajstić information content (AvgIpc) is 2.78. The zero-order chi connectivity index (χ0) is 12.9. The van der Waals surface area contributed by atoms with Gasteiger partial charge < -0.3 is 0 Å². The summed E-state index contributed by atoms with van der Waals surface area (Å²) < 4.78 is 0. The second kappa shape index (κ2) is 3.96. The number of urea groups is 1. The minimum Gasteiger partial charge on any atom is -0.300 e. The topological polar surface area (TPSA) is 23.6 Å². The summed E-state index contributed by atoms with van der Waals surface area (Å²) in [4.78, 5) is 16.7. The van der Waals surface area contributed by atoms with E-state index in [2.05, 4.69) is 13.8 Å². The first-order valence-electron chi connectivity index (χ1n) is 5.88. The van der Waals surface area contributed by atoms with E-state index in [1.807, 2.05) is 35.2 Å². The third-order valence-electron chi connectivity index (χ3n) is 3.40. The largest absolute Gasteiger partial charge is 0.331 e. The highest BCUT2D eigenvalue weighted by atomic mass is 32.2. The molecule has 2 heterocycles. The molecule has 0 aliphatic carbocycles. The molecule has 1 aromatic carbocycles. The second-order valence-electron chi connectivity index (χ2n) is 4.94. The lowest BCUT2D eigenvalue weighted by Gasteiger charge is -2.29. The van der Waals surface area contributed by atoms with Gasteiger partial charge in [0.15, 0.2) is 0 Å². The molecule has 1 aromatic rings. The summed E-state index contributed by atoms with van der Waals surface area (Å²) in [5.74, 6) is 0.890. The van der Waals surface area contributed by atoms with Crippen LogP contribution in [-0.4, -0.2) is 32.6 Å². The Morgan fingerprint density at radius 1 is 1.33 bits per heavy atom. The minimum absolute atomic E-state index is 0.00574. The van der Waals surface area contributed by atoms with E-state index in [0.29, 0.717) is 0 Å². The van der Waals surface area contributed by atoms with Crippen molar-refractivity contribution in [3.63, 3.8) is 0 Å². The number of thiocarbonyl (C=S) groups is 1. The van der Waals surface area contributed by atoms with Gasteiger partial charge in [0.1, 0.15) is 4.99 Å². The fourth-order valence-corrected chi connectivity index (χ4v) is 4.21. The maximum atomic E-state index is 12.6.